The largest absolute Gasteiger partial charge is 0.417 e. The number of benzene rings is 2. The van der Waals surface area contributed by atoms with Gasteiger partial charge in [-0.15, -0.1) is 0 Å². The van der Waals surface area contributed by atoms with Crippen LogP contribution in [0.5, 0.6) is 0 Å². The van der Waals surface area contributed by atoms with E-state index in [2.05, 4.69) is 0 Å². The topological polar surface area (TPSA) is 0 Å². The third-order valence-corrected chi connectivity index (χ3v) is 4.20. The van der Waals surface area contributed by atoms with Crippen molar-refractivity contribution in [3.05, 3.63) is 67.1 Å². The van der Waals surface area contributed by atoms with E-state index in [0.717, 1.165) is 6.07 Å². The normalized spacial score (nSPS) is 11.8. The number of halogens is 7. The lowest BCUT2D eigenvalue weighted by molar-refractivity contribution is -0.137. The first-order valence-electron chi connectivity index (χ1n) is 5.68. The molecule has 0 amide bonds. The Bertz CT molecular complexity index is 657. The van der Waals surface area contributed by atoms with Gasteiger partial charge < -0.3 is 0 Å². The van der Waals surface area contributed by atoms with Crippen molar-refractivity contribution >= 4 is 46.4 Å². The molecule has 0 heterocycles. The standard InChI is InChI=1S/C14H7Cl4F3/c15-8-5-11(16)9(12(17)6-8)4-7-2-1-3-10(13(7)18)14(19,20)21/h1-3,5-6H,4H2. The fourth-order valence-electron chi connectivity index (χ4n) is 1.87. The third-order valence-electron chi connectivity index (χ3n) is 2.86. The van der Waals surface area contributed by atoms with E-state index in [-0.39, 0.29) is 27.1 Å². The first-order valence-corrected chi connectivity index (χ1v) is 7.19. The van der Waals surface area contributed by atoms with Crippen LogP contribution < -0.4 is 0 Å². The van der Waals surface area contributed by atoms with Crippen LogP contribution in [-0.4, -0.2) is 0 Å². The first-order chi connectivity index (χ1) is 9.70. The third kappa shape index (κ3) is 3.78. The first kappa shape index (κ1) is 16.8. The molecular weight excluding hydrogens is 367 g/mol. The summed E-state index contributed by atoms with van der Waals surface area (Å²) in [5.74, 6) is 0. The summed E-state index contributed by atoms with van der Waals surface area (Å²) >= 11 is 23.7. The van der Waals surface area contributed by atoms with E-state index < -0.39 is 11.7 Å². The van der Waals surface area contributed by atoms with E-state index in [1.54, 1.807) is 0 Å². The second-order valence-electron chi connectivity index (χ2n) is 4.30. The second kappa shape index (κ2) is 6.25. The number of hydrogen-bond donors (Lipinski definition) is 0. The molecule has 2 aromatic carbocycles. The second-order valence-corrected chi connectivity index (χ2v) is 5.93. The molecule has 0 bridgehead atoms. The zero-order chi connectivity index (χ0) is 15.8. The lowest BCUT2D eigenvalue weighted by Crippen LogP contribution is -2.07. The molecule has 0 nitrogen and oxygen atoms in total. The Morgan fingerprint density at radius 1 is 0.905 bits per heavy atom. The molecule has 0 N–H and O–H groups in total. The minimum Gasteiger partial charge on any atom is -0.166 e. The van der Waals surface area contributed by atoms with Crippen molar-refractivity contribution in [1.82, 2.24) is 0 Å². The summed E-state index contributed by atoms with van der Waals surface area (Å²) in [7, 11) is 0. The van der Waals surface area contributed by atoms with Crippen molar-refractivity contribution in [1.29, 1.82) is 0 Å². The summed E-state index contributed by atoms with van der Waals surface area (Å²) in [4.78, 5) is 0. The Morgan fingerprint density at radius 3 is 2.00 bits per heavy atom. The molecule has 0 spiro atoms. The predicted molar refractivity (Wildman–Crippen MR) is 80.7 cm³/mol. The molecule has 0 aliphatic heterocycles. The molecule has 2 aromatic rings. The summed E-state index contributed by atoms with van der Waals surface area (Å²) in [6.07, 6.45) is -4.43. The average Bonchev–Trinajstić information content (AvgIpc) is 2.33. The Labute approximate surface area is 139 Å². The van der Waals surface area contributed by atoms with E-state index in [4.69, 9.17) is 46.4 Å². The van der Waals surface area contributed by atoms with Crippen LogP contribution in [0.2, 0.25) is 20.1 Å². The van der Waals surface area contributed by atoms with Gasteiger partial charge >= 0.3 is 6.18 Å². The van der Waals surface area contributed by atoms with Crippen molar-refractivity contribution in [2.45, 2.75) is 12.6 Å². The van der Waals surface area contributed by atoms with Gasteiger partial charge in [-0.05, 0) is 29.3 Å². The molecule has 21 heavy (non-hydrogen) atoms. The molecule has 0 aromatic heterocycles. The Kier molecular flexibility index (Phi) is 4.99. The predicted octanol–water partition coefficient (Wildman–Crippen LogP) is 6.91. The van der Waals surface area contributed by atoms with Gasteiger partial charge in [-0.25, -0.2) is 0 Å². The lowest BCUT2D eigenvalue weighted by atomic mass is 10.0. The Balaban J connectivity index is 2.46. The van der Waals surface area contributed by atoms with Crippen molar-refractivity contribution in [2.24, 2.45) is 0 Å². The van der Waals surface area contributed by atoms with Crippen LogP contribution in [0.25, 0.3) is 0 Å². The van der Waals surface area contributed by atoms with Gasteiger partial charge in [0, 0.05) is 21.5 Å². The zero-order valence-corrected chi connectivity index (χ0v) is 13.3. The van der Waals surface area contributed by atoms with Gasteiger partial charge in [0.05, 0.1) is 10.6 Å². The maximum absolute atomic E-state index is 12.8. The maximum atomic E-state index is 12.8. The van der Waals surface area contributed by atoms with E-state index in [1.165, 1.54) is 24.3 Å². The summed E-state index contributed by atoms with van der Waals surface area (Å²) in [5.41, 5.74) is -0.121. The Morgan fingerprint density at radius 2 is 1.48 bits per heavy atom. The highest BCUT2D eigenvalue weighted by Gasteiger charge is 2.33. The number of rotatable bonds is 2. The quantitative estimate of drug-likeness (QED) is 0.536. The van der Waals surface area contributed by atoms with Crippen molar-refractivity contribution in [3.8, 4) is 0 Å². The van der Waals surface area contributed by atoms with Gasteiger partial charge in [-0.1, -0.05) is 58.5 Å². The van der Waals surface area contributed by atoms with Crippen molar-refractivity contribution in [2.75, 3.05) is 0 Å². The smallest absolute Gasteiger partial charge is 0.166 e. The molecule has 0 aliphatic carbocycles. The molecule has 2 rings (SSSR count). The summed E-state index contributed by atoms with van der Waals surface area (Å²) in [5, 5.41) is 0.554. The highest BCUT2D eigenvalue weighted by atomic mass is 35.5. The van der Waals surface area contributed by atoms with Crippen LogP contribution in [0, 0.1) is 0 Å². The van der Waals surface area contributed by atoms with E-state index in [0.29, 0.717) is 10.6 Å². The molecule has 0 aliphatic rings. The number of alkyl halides is 3. The van der Waals surface area contributed by atoms with Gasteiger partial charge in [0.15, 0.2) is 0 Å². The van der Waals surface area contributed by atoms with Crippen LogP contribution >= 0.6 is 46.4 Å². The molecule has 0 saturated heterocycles. The zero-order valence-electron chi connectivity index (χ0n) is 10.2. The lowest BCUT2D eigenvalue weighted by Gasteiger charge is -2.14. The molecule has 0 fully saturated rings. The fraction of sp³-hybridized carbons (Fsp3) is 0.143. The van der Waals surface area contributed by atoms with Crippen LogP contribution in [-0.2, 0) is 12.6 Å². The van der Waals surface area contributed by atoms with Gasteiger partial charge in [0.25, 0.3) is 0 Å². The summed E-state index contributed by atoms with van der Waals surface area (Å²) in [6, 6.07) is 6.68. The number of hydrogen-bond acceptors (Lipinski definition) is 0. The minimum absolute atomic E-state index is 0.0809. The highest BCUT2D eigenvalue weighted by molar-refractivity contribution is 6.39. The van der Waals surface area contributed by atoms with Crippen LogP contribution in [0.3, 0.4) is 0 Å². The SMILES string of the molecule is FC(F)(F)c1cccc(Cc2c(Cl)cc(Cl)cc2Cl)c1Cl. The van der Waals surface area contributed by atoms with Crippen molar-refractivity contribution < 1.29 is 13.2 Å². The van der Waals surface area contributed by atoms with Gasteiger partial charge in [0.1, 0.15) is 0 Å². The van der Waals surface area contributed by atoms with E-state index >= 15 is 0 Å². The van der Waals surface area contributed by atoms with Crippen molar-refractivity contribution in [3.63, 3.8) is 0 Å². The molecule has 7 heteroatoms. The van der Waals surface area contributed by atoms with Gasteiger partial charge in [-0.3, -0.25) is 0 Å². The maximum Gasteiger partial charge on any atom is 0.417 e. The molecule has 0 unspecified atom stereocenters. The Hall–Kier alpha value is -0.610. The van der Waals surface area contributed by atoms with Crippen LogP contribution in [0.15, 0.2) is 30.3 Å². The molecule has 0 saturated carbocycles. The van der Waals surface area contributed by atoms with E-state index in [1.807, 2.05) is 0 Å². The van der Waals surface area contributed by atoms with Crippen LogP contribution in [0.1, 0.15) is 16.7 Å². The molecule has 0 atom stereocenters. The van der Waals surface area contributed by atoms with E-state index in [9.17, 15) is 13.2 Å². The monoisotopic (exact) mass is 372 g/mol. The average molecular weight is 374 g/mol. The minimum atomic E-state index is -4.51. The van der Waals surface area contributed by atoms with Gasteiger partial charge in [-0.2, -0.15) is 13.2 Å². The van der Waals surface area contributed by atoms with Gasteiger partial charge in [0.2, 0.25) is 0 Å². The molecular formula is C14H7Cl4F3. The molecule has 112 valence electrons. The highest BCUT2D eigenvalue weighted by Crippen LogP contribution is 2.38. The molecule has 0 radical (unpaired) electrons. The fourth-order valence-corrected chi connectivity index (χ4v) is 3.12. The van der Waals surface area contributed by atoms with Crippen LogP contribution in [0.4, 0.5) is 13.2 Å². The summed E-state index contributed by atoms with van der Waals surface area (Å²) in [6.45, 7) is 0. The summed E-state index contributed by atoms with van der Waals surface area (Å²) < 4.78 is 38.5.